The van der Waals surface area contributed by atoms with Crippen LogP contribution in [-0.4, -0.2) is 50.3 Å². The van der Waals surface area contributed by atoms with Gasteiger partial charge in [0, 0.05) is 42.5 Å². The fourth-order valence-corrected chi connectivity index (χ4v) is 5.00. The lowest BCUT2D eigenvalue weighted by Crippen LogP contribution is -2.35. The molecule has 41 heavy (non-hydrogen) atoms. The van der Waals surface area contributed by atoms with Crippen LogP contribution in [0, 0.1) is 5.92 Å². The van der Waals surface area contributed by atoms with E-state index in [1.54, 1.807) is 0 Å². The third-order valence-corrected chi connectivity index (χ3v) is 6.91. The molecule has 0 saturated carbocycles. The van der Waals surface area contributed by atoms with Crippen LogP contribution in [0.5, 0.6) is 0 Å². The predicted molar refractivity (Wildman–Crippen MR) is 169 cm³/mol. The molecule has 0 fully saturated rings. The molecule has 0 saturated heterocycles. The minimum absolute atomic E-state index is 0. The average Bonchev–Trinajstić information content (AvgIpc) is 2.90. The Labute approximate surface area is 257 Å². The number of hydrogen-bond donors (Lipinski definition) is 3. The standard InChI is InChI=1S/C32H43N3O4.2ClH/c1-22(20-27-12-8-6-9-13-27)33-16-18-38-31(36)29-24(3)30(26(5)35-25(29)4)32(37)39-19-17-34-23(2)21-28-14-10-7-11-15-28;;/h6-15,22-24,33-35H,16-21H2,1-5H3;2*1H. The maximum Gasteiger partial charge on any atom is 0.336 e. The van der Waals surface area contributed by atoms with Gasteiger partial charge in [-0.2, -0.15) is 0 Å². The van der Waals surface area contributed by atoms with Crippen LogP contribution in [0.15, 0.2) is 83.2 Å². The Hall–Kier alpha value is -2.84. The van der Waals surface area contributed by atoms with E-state index >= 15 is 0 Å². The number of rotatable bonds is 14. The molecule has 9 heteroatoms. The van der Waals surface area contributed by atoms with Gasteiger partial charge in [0.25, 0.3) is 0 Å². The van der Waals surface area contributed by atoms with E-state index in [1.807, 2.05) is 57.2 Å². The molecule has 0 spiro atoms. The summed E-state index contributed by atoms with van der Waals surface area (Å²) in [6, 6.07) is 21.1. The second-order valence-electron chi connectivity index (χ2n) is 10.3. The molecule has 0 aliphatic carbocycles. The Morgan fingerprint density at radius 3 is 1.46 bits per heavy atom. The van der Waals surface area contributed by atoms with E-state index in [-0.39, 0.29) is 50.1 Å². The Morgan fingerprint density at radius 2 is 1.10 bits per heavy atom. The minimum atomic E-state index is -0.429. The largest absolute Gasteiger partial charge is 0.461 e. The van der Waals surface area contributed by atoms with Crippen LogP contribution in [0.4, 0.5) is 0 Å². The fraction of sp³-hybridized carbons (Fsp3) is 0.438. The summed E-state index contributed by atoms with van der Waals surface area (Å²) in [6.45, 7) is 11.3. The quantitative estimate of drug-likeness (QED) is 0.203. The first-order valence-corrected chi connectivity index (χ1v) is 13.8. The van der Waals surface area contributed by atoms with E-state index in [0.29, 0.717) is 35.6 Å². The van der Waals surface area contributed by atoms with Crippen LogP contribution in [0.2, 0.25) is 0 Å². The number of nitrogens with one attached hydrogen (secondary N) is 3. The minimum Gasteiger partial charge on any atom is -0.461 e. The molecular weight excluding hydrogens is 561 g/mol. The van der Waals surface area contributed by atoms with Crippen molar-refractivity contribution < 1.29 is 19.1 Å². The molecule has 0 aromatic heterocycles. The summed E-state index contributed by atoms with van der Waals surface area (Å²) in [5.41, 5.74) is 4.83. The van der Waals surface area contributed by atoms with Crippen LogP contribution in [-0.2, 0) is 31.9 Å². The molecule has 2 aromatic rings. The highest BCUT2D eigenvalue weighted by atomic mass is 35.5. The third-order valence-electron chi connectivity index (χ3n) is 6.91. The van der Waals surface area contributed by atoms with Crippen molar-refractivity contribution in [3.05, 3.63) is 94.3 Å². The monoisotopic (exact) mass is 605 g/mol. The van der Waals surface area contributed by atoms with E-state index in [9.17, 15) is 9.59 Å². The van der Waals surface area contributed by atoms with Gasteiger partial charge in [-0.25, -0.2) is 9.59 Å². The highest BCUT2D eigenvalue weighted by Crippen LogP contribution is 2.30. The zero-order valence-electron chi connectivity index (χ0n) is 24.7. The Balaban J connectivity index is 0.00000420. The molecular formula is C32H45Cl2N3O4. The molecule has 7 nitrogen and oxygen atoms in total. The van der Waals surface area contributed by atoms with Gasteiger partial charge in [-0.3, -0.25) is 0 Å². The Kier molecular flexibility index (Phi) is 16.4. The van der Waals surface area contributed by atoms with Gasteiger partial charge in [0.15, 0.2) is 0 Å². The maximum atomic E-state index is 13.0. The van der Waals surface area contributed by atoms with Crippen LogP contribution >= 0.6 is 24.8 Å². The van der Waals surface area contributed by atoms with E-state index in [1.165, 1.54) is 11.1 Å². The topological polar surface area (TPSA) is 88.7 Å². The van der Waals surface area contributed by atoms with Crippen LogP contribution < -0.4 is 16.0 Å². The second kappa shape index (κ2) is 18.6. The summed E-state index contributed by atoms with van der Waals surface area (Å²) in [4.78, 5) is 26.0. The fourth-order valence-electron chi connectivity index (χ4n) is 5.00. The van der Waals surface area contributed by atoms with Crippen molar-refractivity contribution >= 4 is 36.8 Å². The van der Waals surface area contributed by atoms with E-state index in [4.69, 9.17) is 9.47 Å². The van der Waals surface area contributed by atoms with Gasteiger partial charge >= 0.3 is 11.9 Å². The summed E-state index contributed by atoms with van der Waals surface area (Å²) in [5.74, 6) is -1.26. The predicted octanol–water partition coefficient (Wildman–Crippen LogP) is 5.15. The number of halogens is 2. The molecule has 0 amide bonds. The van der Waals surface area contributed by atoms with E-state index in [0.717, 1.165) is 12.8 Å². The number of hydrogen-bond acceptors (Lipinski definition) is 7. The van der Waals surface area contributed by atoms with Crippen molar-refractivity contribution in [1.82, 2.24) is 16.0 Å². The van der Waals surface area contributed by atoms with Crippen molar-refractivity contribution in [2.75, 3.05) is 26.3 Å². The van der Waals surface area contributed by atoms with Gasteiger partial charge in [-0.15, -0.1) is 24.8 Å². The number of carbonyl (C=O) groups excluding carboxylic acids is 2. The highest BCUT2D eigenvalue weighted by Gasteiger charge is 2.33. The lowest BCUT2D eigenvalue weighted by Gasteiger charge is -2.28. The number of carbonyl (C=O) groups is 2. The number of benzene rings is 2. The summed E-state index contributed by atoms with van der Waals surface area (Å²) in [7, 11) is 0. The molecule has 1 aliphatic heterocycles. The zero-order valence-corrected chi connectivity index (χ0v) is 26.3. The summed E-state index contributed by atoms with van der Waals surface area (Å²) >= 11 is 0. The molecule has 0 bridgehead atoms. The average molecular weight is 607 g/mol. The normalized spacial score (nSPS) is 16.1. The molecule has 2 unspecified atom stereocenters. The lowest BCUT2D eigenvalue weighted by molar-refractivity contribution is -0.140. The number of allylic oxidation sites excluding steroid dienone is 2. The molecule has 2 aromatic carbocycles. The maximum absolute atomic E-state index is 13.0. The van der Waals surface area contributed by atoms with Crippen LogP contribution in [0.25, 0.3) is 0 Å². The summed E-state index contributed by atoms with van der Waals surface area (Å²) in [6.07, 6.45) is 1.80. The molecule has 3 rings (SSSR count). The third kappa shape index (κ3) is 11.5. The van der Waals surface area contributed by atoms with Crippen LogP contribution in [0.1, 0.15) is 45.7 Å². The lowest BCUT2D eigenvalue weighted by atomic mass is 9.87. The molecule has 226 valence electrons. The molecule has 2 atom stereocenters. The van der Waals surface area contributed by atoms with E-state index < -0.39 is 17.9 Å². The first kappa shape index (κ1) is 36.2. The molecule has 3 N–H and O–H groups in total. The van der Waals surface area contributed by atoms with Crippen LogP contribution in [0.3, 0.4) is 0 Å². The zero-order chi connectivity index (χ0) is 28.2. The van der Waals surface area contributed by atoms with Crippen molar-refractivity contribution in [2.24, 2.45) is 5.92 Å². The van der Waals surface area contributed by atoms with Gasteiger partial charge in [0.2, 0.25) is 0 Å². The van der Waals surface area contributed by atoms with Gasteiger partial charge < -0.3 is 25.4 Å². The van der Waals surface area contributed by atoms with Crippen molar-refractivity contribution in [2.45, 2.75) is 59.5 Å². The molecule has 1 heterocycles. The highest BCUT2D eigenvalue weighted by molar-refractivity contribution is 5.97. The SMILES string of the molecule is CC1=C(C(=O)OCCNC(C)Cc2ccccc2)C(C)C(C(=O)OCCNC(C)Cc2ccccc2)=C(C)N1.Cl.Cl. The first-order valence-electron chi connectivity index (χ1n) is 13.8. The van der Waals surface area contributed by atoms with Crippen molar-refractivity contribution in [3.63, 3.8) is 0 Å². The number of ether oxygens (including phenoxy) is 2. The Morgan fingerprint density at radius 1 is 0.732 bits per heavy atom. The van der Waals surface area contributed by atoms with Crippen molar-refractivity contribution in [1.29, 1.82) is 0 Å². The number of esters is 2. The van der Waals surface area contributed by atoms with Crippen molar-refractivity contribution in [3.8, 4) is 0 Å². The van der Waals surface area contributed by atoms with Gasteiger partial charge in [0.1, 0.15) is 13.2 Å². The summed E-state index contributed by atoms with van der Waals surface area (Å²) < 4.78 is 11.2. The Bertz CT molecular complexity index is 1070. The van der Waals surface area contributed by atoms with Gasteiger partial charge in [-0.05, 0) is 51.7 Å². The van der Waals surface area contributed by atoms with Gasteiger partial charge in [-0.1, -0.05) is 67.6 Å². The van der Waals surface area contributed by atoms with Gasteiger partial charge in [0.05, 0.1) is 11.1 Å². The smallest absolute Gasteiger partial charge is 0.336 e. The van der Waals surface area contributed by atoms with E-state index in [2.05, 4.69) is 54.1 Å². The number of dihydropyridines is 1. The second-order valence-corrected chi connectivity index (χ2v) is 10.3. The summed E-state index contributed by atoms with van der Waals surface area (Å²) in [5, 5.41) is 9.96. The molecule has 0 radical (unpaired) electrons. The first-order chi connectivity index (χ1) is 18.8. The molecule has 1 aliphatic rings.